The summed E-state index contributed by atoms with van der Waals surface area (Å²) in [6.07, 6.45) is 3.32. The number of nitrogens with two attached hydrogens (primary N) is 1. The molecule has 0 unspecified atom stereocenters. The maximum absolute atomic E-state index is 5.89. The van der Waals surface area contributed by atoms with Crippen molar-refractivity contribution < 1.29 is 0 Å². The average Bonchev–Trinajstić information content (AvgIpc) is 2.35. The van der Waals surface area contributed by atoms with Crippen molar-refractivity contribution in [1.82, 2.24) is 4.98 Å². The fourth-order valence-corrected chi connectivity index (χ4v) is 1.57. The van der Waals surface area contributed by atoms with E-state index in [2.05, 4.69) is 9.98 Å². The molecule has 5 heteroatoms. The Hall–Kier alpha value is -1.58. The molecule has 0 amide bonds. The molecule has 0 aliphatic carbocycles. The third-order valence-corrected chi connectivity index (χ3v) is 2.87. The van der Waals surface area contributed by atoms with Gasteiger partial charge in [0.05, 0.1) is 15.7 Å². The van der Waals surface area contributed by atoms with Crippen LogP contribution >= 0.6 is 23.2 Å². The second-order valence-corrected chi connectivity index (χ2v) is 4.15. The number of halogens is 2. The number of pyridine rings is 1. The summed E-state index contributed by atoms with van der Waals surface area (Å²) in [7, 11) is 0. The van der Waals surface area contributed by atoms with Gasteiger partial charge in [0.25, 0.3) is 0 Å². The van der Waals surface area contributed by atoms with Crippen LogP contribution in [0.3, 0.4) is 0 Å². The molecule has 0 aliphatic rings. The number of rotatable bonds is 2. The Kier molecular flexibility index (Phi) is 3.61. The van der Waals surface area contributed by atoms with Gasteiger partial charge in [-0.3, -0.25) is 4.98 Å². The van der Waals surface area contributed by atoms with Crippen molar-refractivity contribution in [3.05, 3.63) is 58.3 Å². The van der Waals surface area contributed by atoms with E-state index in [-0.39, 0.29) is 0 Å². The Morgan fingerprint density at radius 3 is 2.41 bits per heavy atom. The fourth-order valence-electron chi connectivity index (χ4n) is 1.28. The van der Waals surface area contributed by atoms with Crippen molar-refractivity contribution in [3.63, 3.8) is 0 Å². The highest BCUT2D eigenvalue weighted by Gasteiger charge is 2.01. The first-order valence-corrected chi connectivity index (χ1v) is 5.62. The van der Waals surface area contributed by atoms with Crippen molar-refractivity contribution in [3.8, 4) is 0 Å². The van der Waals surface area contributed by atoms with E-state index in [9.17, 15) is 0 Å². The third kappa shape index (κ3) is 2.96. The van der Waals surface area contributed by atoms with Crippen LogP contribution < -0.4 is 5.73 Å². The second-order valence-electron chi connectivity index (χ2n) is 3.33. The van der Waals surface area contributed by atoms with Crippen molar-refractivity contribution in [1.29, 1.82) is 0 Å². The van der Waals surface area contributed by atoms with E-state index in [1.807, 2.05) is 0 Å². The van der Waals surface area contributed by atoms with E-state index in [1.165, 1.54) is 0 Å². The standard InChI is InChI=1S/C12H9Cl2N3/c13-10-2-1-9(7-11(10)14)17-12(15)8-3-5-16-6-4-8/h1-7H,(H2,15,17). The highest BCUT2D eigenvalue weighted by molar-refractivity contribution is 6.42. The zero-order chi connectivity index (χ0) is 12.3. The molecule has 0 bridgehead atoms. The molecule has 86 valence electrons. The molecular weight excluding hydrogens is 257 g/mol. The molecule has 0 atom stereocenters. The highest BCUT2D eigenvalue weighted by Crippen LogP contribution is 2.26. The van der Waals surface area contributed by atoms with Gasteiger partial charge in [-0.1, -0.05) is 23.2 Å². The molecule has 17 heavy (non-hydrogen) atoms. The number of benzene rings is 1. The number of aliphatic imine (C=N–C) groups is 1. The lowest BCUT2D eigenvalue weighted by molar-refractivity contribution is 1.31. The van der Waals surface area contributed by atoms with Crippen LogP contribution in [0.5, 0.6) is 0 Å². The summed E-state index contributed by atoms with van der Waals surface area (Å²) >= 11 is 11.7. The van der Waals surface area contributed by atoms with E-state index >= 15 is 0 Å². The van der Waals surface area contributed by atoms with Gasteiger partial charge in [-0.25, -0.2) is 4.99 Å². The predicted molar refractivity (Wildman–Crippen MR) is 71.1 cm³/mol. The first-order chi connectivity index (χ1) is 8.16. The minimum Gasteiger partial charge on any atom is -0.383 e. The monoisotopic (exact) mass is 265 g/mol. The molecule has 0 radical (unpaired) electrons. The Morgan fingerprint density at radius 2 is 1.76 bits per heavy atom. The van der Waals surface area contributed by atoms with Gasteiger partial charge in [0.2, 0.25) is 0 Å². The normalized spacial score (nSPS) is 11.5. The van der Waals surface area contributed by atoms with Crippen molar-refractivity contribution >= 4 is 34.7 Å². The number of aromatic nitrogens is 1. The molecule has 0 fully saturated rings. The summed E-state index contributed by atoms with van der Waals surface area (Å²) in [5.74, 6) is 0.408. The molecule has 0 spiro atoms. The summed E-state index contributed by atoms with van der Waals surface area (Å²) in [6, 6.07) is 8.68. The van der Waals surface area contributed by atoms with Crippen LogP contribution in [0.1, 0.15) is 5.56 Å². The number of hydrogen-bond donors (Lipinski definition) is 1. The number of amidine groups is 1. The minimum atomic E-state index is 0.408. The summed E-state index contributed by atoms with van der Waals surface area (Å²) in [6.45, 7) is 0. The van der Waals surface area contributed by atoms with Crippen LogP contribution in [0, 0.1) is 0 Å². The van der Waals surface area contributed by atoms with Gasteiger partial charge >= 0.3 is 0 Å². The van der Waals surface area contributed by atoms with Crippen LogP contribution in [-0.2, 0) is 0 Å². The van der Waals surface area contributed by atoms with E-state index in [4.69, 9.17) is 28.9 Å². The summed E-state index contributed by atoms with van der Waals surface area (Å²) in [5.41, 5.74) is 7.33. The van der Waals surface area contributed by atoms with Gasteiger partial charge in [-0.15, -0.1) is 0 Å². The van der Waals surface area contributed by atoms with Gasteiger partial charge in [-0.2, -0.15) is 0 Å². The first kappa shape index (κ1) is 11.9. The maximum Gasteiger partial charge on any atom is 0.131 e. The lowest BCUT2D eigenvalue weighted by atomic mass is 10.2. The molecule has 0 aliphatic heterocycles. The van der Waals surface area contributed by atoms with Crippen LogP contribution in [0.15, 0.2) is 47.7 Å². The summed E-state index contributed by atoms with van der Waals surface area (Å²) < 4.78 is 0. The number of nitrogens with zero attached hydrogens (tertiary/aromatic N) is 2. The molecule has 1 aromatic carbocycles. The Labute approximate surface area is 109 Å². The van der Waals surface area contributed by atoms with Gasteiger partial charge in [0.15, 0.2) is 0 Å². The topological polar surface area (TPSA) is 51.3 Å². The molecule has 0 saturated carbocycles. The minimum absolute atomic E-state index is 0.408. The second kappa shape index (κ2) is 5.17. The first-order valence-electron chi connectivity index (χ1n) is 4.86. The van der Waals surface area contributed by atoms with Crippen LogP contribution in [0.25, 0.3) is 0 Å². The summed E-state index contributed by atoms with van der Waals surface area (Å²) in [4.78, 5) is 8.17. The lowest BCUT2D eigenvalue weighted by Gasteiger charge is -2.01. The van der Waals surface area contributed by atoms with Crippen molar-refractivity contribution in [2.45, 2.75) is 0 Å². The molecule has 1 aromatic heterocycles. The molecule has 2 N–H and O–H groups in total. The number of hydrogen-bond acceptors (Lipinski definition) is 2. The van der Waals surface area contributed by atoms with E-state index < -0.39 is 0 Å². The van der Waals surface area contributed by atoms with E-state index in [0.717, 1.165) is 5.56 Å². The quantitative estimate of drug-likeness (QED) is 0.668. The third-order valence-electron chi connectivity index (χ3n) is 2.13. The van der Waals surface area contributed by atoms with Crippen LogP contribution in [0.4, 0.5) is 5.69 Å². The van der Waals surface area contributed by atoms with Crippen molar-refractivity contribution in [2.75, 3.05) is 0 Å². The molecule has 2 rings (SSSR count). The van der Waals surface area contributed by atoms with E-state index in [0.29, 0.717) is 21.6 Å². The fraction of sp³-hybridized carbons (Fsp3) is 0. The molecule has 1 heterocycles. The Balaban J connectivity index is 2.33. The molecule has 3 nitrogen and oxygen atoms in total. The SMILES string of the molecule is NC(=Nc1ccc(Cl)c(Cl)c1)c1ccncc1. The average molecular weight is 266 g/mol. The lowest BCUT2D eigenvalue weighted by Crippen LogP contribution is -2.12. The Bertz CT molecular complexity index is 553. The van der Waals surface area contributed by atoms with Crippen LogP contribution in [-0.4, -0.2) is 10.8 Å². The van der Waals surface area contributed by atoms with Gasteiger partial charge in [-0.05, 0) is 30.3 Å². The smallest absolute Gasteiger partial charge is 0.131 e. The largest absolute Gasteiger partial charge is 0.383 e. The van der Waals surface area contributed by atoms with Crippen molar-refractivity contribution in [2.24, 2.45) is 10.7 Å². The van der Waals surface area contributed by atoms with Crippen LogP contribution in [0.2, 0.25) is 10.0 Å². The molecule has 2 aromatic rings. The van der Waals surface area contributed by atoms with Gasteiger partial charge in [0, 0.05) is 18.0 Å². The molecule has 0 saturated heterocycles. The summed E-state index contributed by atoms with van der Waals surface area (Å²) in [5, 5.41) is 0.948. The zero-order valence-corrected chi connectivity index (χ0v) is 10.3. The highest BCUT2D eigenvalue weighted by atomic mass is 35.5. The van der Waals surface area contributed by atoms with E-state index in [1.54, 1.807) is 42.7 Å². The zero-order valence-electron chi connectivity index (χ0n) is 8.77. The Morgan fingerprint density at radius 1 is 1.06 bits per heavy atom. The molecular formula is C12H9Cl2N3. The predicted octanol–water partition coefficient (Wildman–Crippen LogP) is 3.43. The maximum atomic E-state index is 5.89. The van der Waals surface area contributed by atoms with Gasteiger partial charge in [0.1, 0.15) is 5.84 Å². The van der Waals surface area contributed by atoms with Gasteiger partial charge < -0.3 is 5.73 Å².